The van der Waals surface area contributed by atoms with Crippen LogP contribution in [0.4, 0.5) is 0 Å². The summed E-state index contributed by atoms with van der Waals surface area (Å²) in [5.74, 6) is 1.94. The first kappa shape index (κ1) is 16.2. The second kappa shape index (κ2) is 9.11. The minimum Gasteiger partial charge on any atom is -0.376 e. The summed E-state index contributed by atoms with van der Waals surface area (Å²) in [5.41, 5.74) is 1.25. The van der Waals surface area contributed by atoms with Gasteiger partial charge in [-0.15, -0.1) is 0 Å². The highest BCUT2D eigenvalue weighted by Crippen LogP contribution is 2.12. The number of nitrogens with one attached hydrogen (secondary N) is 1. The Balaban J connectivity index is 2.25. The van der Waals surface area contributed by atoms with Gasteiger partial charge in [0, 0.05) is 6.54 Å². The smallest absolute Gasteiger partial charge is 0.0717 e. The average Bonchev–Trinajstić information content (AvgIpc) is 2.37. The van der Waals surface area contributed by atoms with Gasteiger partial charge in [0.1, 0.15) is 0 Å². The molecule has 1 aromatic rings. The Bertz CT molecular complexity index is 321. The first-order chi connectivity index (χ1) is 9.09. The van der Waals surface area contributed by atoms with Crippen LogP contribution in [0.15, 0.2) is 30.3 Å². The molecule has 0 heterocycles. The number of benzene rings is 1. The zero-order valence-corrected chi connectivity index (χ0v) is 12.9. The lowest BCUT2D eigenvalue weighted by molar-refractivity contribution is 0.0710. The molecule has 0 aliphatic rings. The summed E-state index contributed by atoms with van der Waals surface area (Å²) < 4.78 is 5.86. The van der Waals surface area contributed by atoms with Gasteiger partial charge in [0.2, 0.25) is 0 Å². The first-order valence-electron chi connectivity index (χ1n) is 7.42. The molecule has 19 heavy (non-hydrogen) atoms. The van der Waals surface area contributed by atoms with Crippen LogP contribution in [-0.2, 0) is 11.3 Å². The molecule has 0 saturated carbocycles. The summed E-state index contributed by atoms with van der Waals surface area (Å²) in [5, 5.41) is 3.53. The highest BCUT2D eigenvalue weighted by atomic mass is 16.5. The highest BCUT2D eigenvalue weighted by molar-refractivity contribution is 5.13. The van der Waals surface area contributed by atoms with Crippen molar-refractivity contribution >= 4 is 0 Å². The molecule has 0 bridgehead atoms. The fourth-order valence-electron chi connectivity index (χ4n) is 1.95. The Morgan fingerprint density at radius 2 is 1.68 bits per heavy atom. The molecule has 0 fully saturated rings. The normalized spacial score (nSPS) is 13.2. The second-order valence-electron chi connectivity index (χ2n) is 6.06. The minimum atomic E-state index is 0.586. The molecule has 0 aliphatic heterocycles. The van der Waals surface area contributed by atoms with E-state index >= 15 is 0 Å². The van der Waals surface area contributed by atoms with Gasteiger partial charge < -0.3 is 10.1 Å². The Labute approximate surface area is 118 Å². The molecule has 1 N–H and O–H groups in total. The minimum absolute atomic E-state index is 0.586. The predicted molar refractivity (Wildman–Crippen MR) is 82.1 cm³/mol. The van der Waals surface area contributed by atoms with Gasteiger partial charge in [-0.2, -0.15) is 0 Å². The molecule has 1 atom stereocenters. The van der Waals surface area contributed by atoms with Gasteiger partial charge in [0.05, 0.1) is 13.2 Å². The van der Waals surface area contributed by atoms with Crippen molar-refractivity contribution in [2.45, 2.75) is 34.3 Å². The summed E-state index contributed by atoms with van der Waals surface area (Å²) in [6.07, 6.45) is 0. The van der Waals surface area contributed by atoms with E-state index < -0.39 is 0 Å². The molecule has 0 amide bonds. The standard InChI is InChI=1S/C17H29NO/c1-14(2)10-18-11-17(15(3)4)13-19-12-16-8-6-5-7-9-16/h5-9,14-15,17-18H,10-13H2,1-4H3. The van der Waals surface area contributed by atoms with Crippen molar-refractivity contribution in [1.82, 2.24) is 5.32 Å². The van der Waals surface area contributed by atoms with Crippen LogP contribution in [0, 0.1) is 17.8 Å². The van der Waals surface area contributed by atoms with Gasteiger partial charge in [-0.05, 0) is 29.9 Å². The number of hydrogen-bond donors (Lipinski definition) is 1. The lowest BCUT2D eigenvalue weighted by Gasteiger charge is -2.22. The van der Waals surface area contributed by atoms with E-state index in [2.05, 4.69) is 57.3 Å². The first-order valence-corrected chi connectivity index (χ1v) is 7.42. The van der Waals surface area contributed by atoms with E-state index in [1.165, 1.54) is 5.56 Å². The maximum atomic E-state index is 5.86. The molecular formula is C17H29NO. The van der Waals surface area contributed by atoms with Gasteiger partial charge in [0.15, 0.2) is 0 Å². The van der Waals surface area contributed by atoms with Crippen LogP contribution in [0.1, 0.15) is 33.3 Å². The topological polar surface area (TPSA) is 21.3 Å². The van der Waals surface area contributed by atoms with Crippen molar-refractivity contribution in [2.75, 3.05) is 19.7 Å². The van der Waals surface area contributed by atoms with Crippen LogP contribution < -0.4 is 5.32 Å². The van der Waals surface area contributed by atoms with Crippen LogP contribution in [-0.4, -0.2) is 19.7 Å². The highest BCUT2D eigenvalue weighted by Gasteiger charge is 2.13. The van der Waals surface area contributed by atoms with E-state index in [1.807, 2.05) is 6.07 Å². The number of rotatable bonds is 9. The molecule has 0 aliphatic carbocycles. The molecule has 2 nitrogen and oxygen atoms in total. The summed E-state index contributed by atoms with van der Waals surface area (Å²) >= 11 is 0. The fourth-order valence-corrected chi connectivity index (χ4v) is 1.95. The molecule has 1 unspecified atom stereocenters. The maximum Gasteiger partial charge on any atom is 0.0717 e. The lowest BCUT2D eigenvalue weighted by Crippen LogP contribution is -2.31. The summed E-state index contributed by atoms with van der Waals surface area (Å²) in [6, 6.07) is 10.4. The van der Waals surface area contributed by atoms with E-state index in [0.29, 0.717) is 24.4 Å². The molecule has 108 valence electrons. The molecule has 0 aromatic heterocycles. The molecule has 0 spiro atoms. The van der Waals surface area contributed by atoms with Crippen molar-refractivity contribution < 1.29 is 4.74 Å². The lowest BCUT2D eigenvalue weighted by atomic mass is 9.96. The van der Waals surface area contributed by atoms with Gasteiger partial charge >= 0.3 is 0 Å². The summed E-state index contributed by atoms with van der Waals surface area (Å²) in [4.78, 5) is 0. The van der Waals surface area contributed by atoms with E-state index in [9.17, 15) is 0 Å². The van der Waals surface area contributed by atoms with E-state index in [1.54, 1.807) is 0 Å². The monoisotopic (exact) mass is 263 g/mol. The van der Waals surface area contributed by atoms with Crippen LogP contribution >= 0.6 is 0 Å². The summed E-state index contributed by atoms with van der Waals surface area (Å²) in [6.45, 7) is 12.7. The average molecular weight is 263 g/mol. The third-order valence-electron chi connectivity index (χ3n) is 3.35. The summed E-state index contributed by atoms with van der Waals surface area (Å²) in [7, 11) is 0. The van der Waals surface area contributed by atoms with Crippen LogP contribution in [0.3, 0.4) is 0 Å². The Morgan fingerprint density at radius 3 is 2.26 bits per heavy atom. The Morgan fingerprint density at radius 1 is 1.00 bits per heavy atom. The maximum absolute atomic E-state index is 5.86. The molecule has 2 heteroatoms. The van der Waals surface area contributed by atoms with Crippen molar-refractivity contribution in [1.29, 1.82) is 0 Å². The molecular weight excluding hydrogens is 234 g/mol. The van der Waals surface area contributed by atoms with Crippen LogP contribution in [0.25, 0.3) is 0 Å². The fraction of sp³-hybridized carbons (Fsp3) is 0.647. The predicted octanol–water partition coefficient (Wildman–Crippen LogP) is 3.72. The Hall–Kier alpha value is -0.860. The van der Waals surface area contributed by atoms with E-state index in [4.69, 9.17) is 4.74 Å². The van der Waals surface area contributed by atoms with E-state index in [0.717, 1.165) is 19.7 Å². The van der Waals surface area contributed by atoms with Crippen LogP contribution in [0.5, 0.6) is 0 Å². The number of hydrogen-bond acceptors (Lipinski definition) is 2. The number of ether oxygens (including phenoxy) is 1. The molecule has 0 saturated heterocycles. The van der Waals surface area contributed by atoms with Crippen molar-refractivity contribution in [2.24, 2.45) is 17.8 Å². The third kappa shape index (κ3) is 7.34. The quantitative estimate of drug-likeness (QED) is 0.733. The van der Waals surface area contributed by atoms with Crippen LogP contribution in [0.2, 0.25) is 0 Å². The van der Waals surface area contributed by atoms with Crippen molar-refractivity contribution in [3.63, 3.8) is 0 Å². The molecule has 0 radical (unpaired) electrons. The Kier molecular flexibility index (Phi) is 7.76. The largest absolute Gasteiger partial charge is 0.376 e. The van der Waals surface area contributed by atoms with Gasteiger partial charge in [-0.3, -0.25) is 0 Å². The van der Waals surface area contributed by atoms with Gasteiger partial charge in [-0.1, -0.05) is 58.0 Å². The molecule has 1 rings (SSSR count). The zero-order chi connectivity index (χ0) is 14.1. The van der Waals surface area contributed by atoms with Gasteiger partial charge in [0.25, 0.3) is 0 Å². The zero-order valence-electron chi connectivity index (χ0n) is 12.9. The van der Waals surface area contributed by atoms with Gasteiger partial charge in [-0.25, -0.2) is 0 Å². The van der Waals surface area contributed by atoms with Crippen molar-refractivity contribution in [3.05, 3.63) is 35.9 Å². The van der Waals surface area contributed by atoms with Crippen molar-refractivity contribution in [3.8, 4) is 0 Å². The SMILES string of the molecule is CC(C)CNCC(COCc1ccccc1)C(C)C. The van der Waals surface area contributed by atoms with E-state index in [-0.39, 0.29) is 0 Å². The molecule has 1 aromatic carbocycles. The second-order valence-corrected chi connectivity index (χ2v) is 6.06. The third-order valence-corrected chi connectivity index (χ3v) is 3.35.